The van der Waals surface area contributed by atoms with Gasteiger partial charge in [0.2, 0.25) is 0 Å². The van der Waals surface area contributed by atoms with Gasteiger partial charge in [0.15, 0.2) is 0 Å². The third-order valence-electron chi connectivity index (χ3n) is 4.96. The number of aryl methyl sites for hydroxylation is 1. The van der Waals surface area contributed by atoms with Crippen LogP contribution in [-0.4, -0.2) is 38.3 Å². The zero-order valence-electron chi connectivity index (χ0n) is 13.9. The molecule has 0 bridgehead atoms. The number of aromatic nitrogens is 3. The first-order chi connectivity index (χ1) is 10.1. The lowest BCUT2D eigenvalue weighted by atomic mass is 9.75. The molecule has 2 rings (SSSR count). The topological polar surface area (TPSA) is 60.0 Å². The number of nitrogens with two attached hydrogens (primary N) is 1. The molecule has 2 N–H and O–H groups in total. The minimum atomic E-state index is 0.148. The summed E-state index contributed by atoms with van der Waals surface area (Å²) in [5.74, 6) is 1.84. The highest BCUT2D eigenvalue weighted by Gasteiger charge is 2.38. The van der Waals surface area contributed by atoms with Gasteiger partial charge in [0, 0.05) is 18.6 Å². The fraction of sp³-hybridized carbons (Fsp3) is 0.875. The van der Waals surface area contributed by atoms with Crippen LogP contribution in [0.1, 0.15) is 58.7 Å². The van der Waals surface area contributed by atoms with Crippen molar-refractivity contribution in [1.29, 1.82) is 0 Å². The summed E-state index contributed by atoms with van der Waals surface area (Å²) < 4.78 is 2.04. The molecule has 1 aromatic rings. The maximum Gasteiger partial charge on any atom is 0.141 e. The Morgan fingerprint density at radius 2 is 2.29 bits per heavy atom. The zero-order valence-corrected chi connectivity index (χ0v) is 13.9. The van der Waals surface area contributed by atoms with Crippen LogP contribution >= 0.6 is 0 Å². The summed E-state index contributed by atoms with van der Waals surface area (Å²) in [6, 6.07) is 0. The maximum absolute atomic E-state index is 6.22. The maximum atomic E-state index is 6.22. The summed E-state index contributed by atoms with van der Waals surface area (Å²) in [4.78, 5) is 7.01. The van der Waals surface area contributed by atoms with Gasteiger partial charge < -0.3 is 5.73 Å². The number of hydrogen-bond acceptors (Lipinski definition) is 4. The van der Waals surface area contributed by atoms with Crippen LogP contribution in [0.3, 0.4) is 0 Å². The second-order valence-corrected chi connectivity index (χ2v) is 6.54. The Kier molecular flexibility index (Phi) is 5.76. The Hall–Kier alpha value is -0.940. The van der Waals surface area contributed by atoms with Gasteiger partial charge in [-0.15, -0.1) is 0 Å². The van der Waals surface area contributed by atoms with E-state index < -0.39 is 0 Å². The van der Waals surface area contributed by atoms with Crippen LogP contribution in [0.4, 0.5) is 0 Å². The molecule has 120 valence electrons. The van der Waals surface area contributed by atoms with Crippen molar-refractivity contribution in [1.82, 2.24) is 19.7 Å². The zero-order chi connectivity index (χ0) is 15.3. The minimum absolute atomic E-state index is 0.148. The van der Waals surface area contributed by atoms with Gasteiger partial charge in [0.05, 0.1) is 6.54 Å². The van der Waals surface area contributed by atoms with E-state index in [9.17, 15) is 0 Å². The molecule has 0 amide bonds. The lowest BCUT2D eigenvalue weighted by Gasteiger charge is -2.47. The molecule has 1 saturated carbocycles. The number of rotatable bonds is 7. The molecule has 0 radical (unpaired) electrons. The molecule has 1 fully saturated rings. The van der Waals surface area contributed by atoms with Crippen LogP contribution in [0.25, 0.3) is 0 Å². The Bertz CT molecular complexity index is 430. The van der Waals surface area contributed by atoms with Crippen molar-refractivity contribution < 1.29 is 0 Å². The fourth-order valence-corrected chi connectivity index (χ4v) is 3.83. The van der Waals surface area contributed by atoms with Crippen LogP contribution in [0.2, 0.25) is 0 Å². The molecule has 1 aromatic heterocycles. The lowest BCUT2D eigenvalue weighted by molar-refractivity contribution is 0.0336. The van der Waals surface area contributed by atoms with Crippen molar-refractivity contribution in [2.75, 3.05) is 13.1 Å². The molecule has 1 aliphatic rings. The van der Waals surface area contributed by atoms with Gasteiger partial charge in [-0.25, -0.2) is 9.67 Å². The van der Waals surface area contributed by atoms with Gasteiger partial charge in [-0.2, -0.15) is 5.10 Å². The van der Waals surface area contributed by atoms with Crippen LogP contribution in [0, 0.1) is 5.92 Å². The van der Waals surface area contributed by atoms with E-state index in [0.717, 1.165) is 44.3 Å². The summed E-state index contributed by atoms with van der Waals surface area (Å²) in [6.07, 6.45) is 7.81. The van der Waals surface area contributed by atoms with E-state index in [4.69, 9.17) is 5.73 Å². The molecular weight excluding hydrogens is 262 g/mol. The van der Waals surface area contributed by atoms with Crippen LogP contribution in [0.5, 0.6) is 0 Å². The highest BCUT2D eigenvalue weighted by atomic mass is 15.4. The quantitative estimate of drug-likeness (QED) is 0.838. The number of nitrogens with zero attached hydrogens (tertiary/aromatic N) is 4. The molecule has 21 heavy (non-hydrogen) atoms. The van der Waals surface area contributed by atoms with E-state index in [2.05, 4.69) is 35.8 Å². The van der Waals surface area contributed by atoms with Crippen molar-refractivity contribution in [3.63, 3.8) is 0 Å². The second-order valence-electron chi connectivity index (χ2n) is 6.54. The van der Waals surface area contributed by atoms with Crippen LogP contribution < -0.4 is 5.73 Å². The standard InChI is InChI=1S/C16H31N5/c1-4-9-21-15(18-13-19-21)11-20(5-2)16(12-17)8-6-7-14(3)10-16/h13-14H,4-12,17H2,1-3H3. The van der Waals surface area contributed by atoms with E-state index in [1.165, 1.54) is 25.7 Å². The molecule has 1 heterocycles. The Balaban J connectivity index is 2.15. The fourth-order valence-electron chi connectivity index (χ4n) is 3.83. The molecule has 0 saturated heterocycles. The second kappa shape index (κ2) is 7.36. The van der Waals surface area contributed by atoms with E-state index in [1.54, 1.807) is 6.33 Å². The molecule has 0 spiro atoms. The number of likely N-dealkylation sites (N-methyl/N-ethyl adjacent to an activating group) is 1. The molecule has 0 aromatic carbocycles. The molecule has 5 nitrogen and oxygen atoms in total. The molecule has 0 aliphatic heterocycles. The van der Waals surface area contributed by atoms with E-state index in [0.29, 0.717) is 0 Å². The monoisotopic (exact) mass is 293 g/mol. The predicted octanol–water partition coefficient (Wildman–Crippen LogP) is 2.42. The Morgan fingerprint density at radius 1 is 1.48 bits per heavy atom. The minimum Gasteiger partial charge on any atom is -0.329 e. The van der Waals surface area contributed by atoms with Crippen molar-refractivity contribution >= 4 is 0 Å². The van der Waals surface area contributed by atoms with Gasteiger partial charge in [-0.1, -0.05) is 33.6 Å². The third kappa shape index (κ3) is 3.64. The van der Waals surface area contributed by atoms with Gasteiger partial charge in [0.1, 0.15) is 12.2 Å². The largest absolute Gasteiger partial charge is 0.329 e. The highest BCUT2D eigenvalue weighted by molar-refractivity contribution is 4.98. The molecule has 5 heteroatoms. The lowest BCUT2D eigenvalue weighted by Crippen LogP contribution is -2.56. The third-order valence-corrected chi connectivity index (χ3v) is 4.96. The first kappa shape index (κ1) is 16.4. The van der Waals surface area contributed by atoms with Crippen molar-refractivity contribution in [3.05, 3.63) is 12.2 Å². The summed E-state index contributed by atoms with van der Waals surface area (Å²) in [5, 5.41) is 4.35. The Labute approximate surface area is 128 Å². The molecule has 2 unspecified atom stereocenters. The van der Waals surface area contributed by atoms with Crippen molar-refractivity contribution in [2.24, 2.45) is 11.7 Å². The molecule has 2 atom stereocenters. The first-order valence-corrected chi connectivity index (χ1v) is 8.47. The normalized spacial score (nSPS) is 26.4. The van der Waals surface area contributed by atoms with Gasteiger partial charge >= 0.3 is 0 Å². The van der Waals surface area contributed by atoms with Crippen molar-refractivity contribution in [3.8, 4) is 0 Å². The highest BCUT2D eigenvalue weighted by Crippen LogP contribution is 2.36. The summed E-state index contributed by atoms with van der Waals surface area (Å²) in [6.45, 7) is 10.3. The van der Waals surface area contributed by atoms with Crippen molar-refractivity contribution in [2.45, 2.75) is 71.5 Å². The average Bonchev–Trinajstić information content (AvgIpc) is 2.92. The number of hydrogen-bond donors (Lipinski definition) is 1. The summed E-state index contributed by atoms with van der Waals surface area (Å²) >= 11 is 0. The smallest absolute Gasteiger partial charge is 0.141 e. The summed E-state index contributed by atoms with van der Waals surface area (Å²) in [7, 11) is 0. The molecule has 1 aliphatic carbocycles. The van der Waals surface area contributed by atoms with Gasteiger partial charge in [-0.05, 0) is 31.7 Å². The van der Waals surface area contributed by atoms with Gasteiger partial charge in [0.25, 0.3) is 0 Å². The van der Waals surface area contributed by atoms with E-state index in [1.807, 2.05) is 4.68 Å². The SMILES string of the molecule is CCCn1ncnc1CN(CC)C1(CN)CCCC(C)C1. The van der Waals surface area contributed by atoms with Crippen LogP contribution in [-0.2, 0) is 13.1 Å². The summed E-state index contributed by atoms with van der Waals surface area (Å²) in [5.41, 5.74) is 6.37. The van der Waals surface area contributed by atoms with Crippen LogP contribution in [0.15, 0.2) is 6.33 Å². The van der Waals surface area contributed by atoms with Gasteiger partial charge in [-0.3, -0.25) is 4.90 Å². The first-order valence-electron chi connectivity index (χ1n) is 8.47. The predicted molar refractivity (Wildman–Crippen MR) is 85.8 cm³/mol. The molecular formula is C16H31N5. The Morgan fingerprint density at radius 3 is 2.90 bits per heavy atom. The van der Waals surface area contributed by atoms with E-state index in [-0.39, 0.29) is 5.54 Å². The average molecular weight is 293 g/mol. The van der Waals surface area contributed by atoms with E-state index >= 15 is 0 Å².